The van der Waals surface area contributed by atoms with Crippen LogP contribution >= 0.6 is 0 Å². The van der Waals surface area contributed by atoms with E-state index in [1.54, 1.807) is 29.1 Å². The Labute approximate surface area is 183 Å². The molecule has 1 atom stereocenters. The Morgan fingerprint density at radius 1 is 1.22 bits per heavy atom. The van der Waals surface area contributed by atoms with Crippen molar-refractivity contribution in [3.63, 3.8) is 0 Å². The third kappa shape index (κ3) is 3.45. The first-order chi connectivity index (χ1) is 15.4. The molecule has 0 spiro atoms. The third-order valence-corrected chi connectivity index (χ3v) is 6.32. The van der Waals surface area contributed by atoms with Crippen molar-refractivity contribution in [2.75, 3.05) is 0 Å². The summed E-state index contributed by atoms with van der Waals surface area (Å²) in [6.45, 7) is 0.521. The molecule has 0 saturated heterocycles. The van der Waals surface area contributed by atoms with Crippen LogP contribution in [-0.2, 0) is 37.6 Å². The van der Waals surface area contributed by atoms with Gasteiger partial charge in [0, 0.05) is 22.6 Å². The number of rotatable bonds is 5. The van der Waals surface area contributed by atoms with E-state index in [-0.39, 0.29) is 24.1 Å². The van der Waals surface area contributed by atoms with E-state index in [0.29, 0.717) is 35.9 Å². The number of fused-ring (bicyclic) bond motifs is 3. The van der Waals surface area contributed by atoms with Crippen LogP contribution in [0.25, 0.3) is 10.9 Å². The number of carboxylic acids is 1. The fourth-order valence-corrected chi connectivity index (χ4v) is 4.99. The molecule has 0 bridgehead atoms. The lowest BCUT2D eigenvalue weighted by molar-refractivity contribution is -0.807. The Balaban J connectivity index is 1.54. The van der Waals surface area contributed by atoms with Crippen molar-refractivity contribution in [3.05, 3.63) is 82.8 Å². The molecule has 3 heterocycles. The molecule has 6 nitrogen and oxygen atoms in total. The summed E-state index contributed by atoms with van der Waals surface area (Å²) >= 11 is 0. The van der Waals surface area contributed by atoms with Crippen molar-refractivity contribution in [1.29, 1.82) is 0 Å². The van der Waals surface area contributed by atoms with Crippen LogP contribution in [0.5, 0.6) is 0 Å². The summed E-state index contributed by atoms with van der Waals surface area (Å²) in [6, 6.07) is 11.3. The first kappa shape index (κ1) is 20.4. The minimum absolute atomic E-state index is 0.0262. The highest BCUT2D eigenvalue weighted by Gasteiger charge is 2.33. The molecule has 8 heteroatoms. The summed E-state index contributed by atoms with van der Waals surface area (Å²) in [6.07, 6.45) is 3.72. The summed E-state index contributed by atoms with van der Waals surface area (Å²) in [5, 5.41) is 14.5. The quantitative estimate of drug-likeness (QED) is 0.487. The first-order valence-corrected chi connectivity index (χ1v) is 10.6. The molecule has 0 fully saturated rings. The molecule has 0 aliphatic carbocycles. The summed E-state index contributed by atoms with van der Waals surface area (Å²) in [5.74, 6) is -1.54. The Hall–Kier alpha value is -3.55. The maximum atomic E-state index is 14.8. The van der Waals surface area contributed by atoms with Crippen LogP contribution < -0.4 is 4.68 Å². The summed E-state index contributed by atoms with van der Waals surface area (Å²) in [4.78, 5) is 13.3. The van der Waals surface area contributed by atoms with Crippen LogP contribution in [-0.4, -0.2) is 25.5 Å². The molecule has 1 aliphatic heterocycles. The van der Waals surface area contributed by atoms with Gasteiger partial charge in [0.1, 0.15) is 17.7 Å². The maximum absolute atomic E-state index is 14.8. The smallest absolute Gasteiger partial charge is 0.307 e. The number of aliphatic carboxylic acids is 1. The molecular weight excluding hydrogens is 414 g/mol. The number of benzene rings is 2. The van der Waals surface area contributed by atoms with Crippen molar-refractivity contribution in [2.45, 2.75) is 38.3 Å². The van der Waals surface area contributed by atoms with Gasteiger partial charge in [0.2, 0.25) is 6.20 Å². The fourth-order valence-electron chi connectivity index (χ4n) is 4.99. The van der Waals surface area contributed by atoms with Crippen LogP contribution in [0.15, 0.2) is 48.7 Å². The number of hydrogen-bond donors (Lipinski definition) is 1. The van der Waals surface area contributed by atoms with Gasteiger partial charge >= 0.3 is 5.97 Å². The lowest BCUT2D eigenvalue weighted by Gasteiger charge is -2.25. The molecule has 32 heavy (non-hydrogen) atoms. The van der Waals surface area contributed by atoms with Crippen molar-refractivity contribution in [3.8, 4) is 0 Å². The van der Waals surface area contributed by atoms with Gasteiger partial charge < -0.3 is 9.67 Å². The summed E-state index contributed by atoms with van der Waals surface area (Å²) in [5.41, 5.74) is 4.02. The zero-order valence-electron chi connectivity index (χ0n) is 17.6. The number of para-hydroxylation sites is 1. The zero-order valence-corrected chi connectivity index (χ0v) is 17.6. The molecule has 5 rings (SSSR count). The minimum Gasteiger partial charge on any atom is -0.481 e. The van der Waals surface area contributed by atoms with E-state index in [1.807, 2.05) is 17.8 Å². The van der Waals surface area contributed by atoms with Crippen molar-refractivity contribution >= 4 is 16.9 Å². The second-order valence-electron chi connectivity index (χ2n) is 8.31. The van der Waals surface area contributed by atoms with Crippen molar-refractivity contribution in [2.24, 2.45) is 7.05 Å². The predicted molar refractivity (Wildman–Crippen MR) is 113 cm³/mol. The van der Waals surface area contributed by atoms with Gasteiger partial charge in [-0.05, 0) is 47.0 Å². The number of hydrogen-bond acceptors (Lipinski definition) is 2. The number of halogens is 2. The Bertz CT molecular complexity index is 1320. The standard InChI is InChI=1S/C24H22F2N4O2/c1-28-27-13-18(11-15-5-7-16(25)8-6-15)30(28)17-9-10-22-20(12-23(31)32)19-3-2-4-21(26)24(19)29(22)14-17/h2-8,13,17H,9-12,14H2,1H3/p+1. The monoisotopic (exact) mass is 437 g/mol. The number of carboxylic acid groups (broad SMARTS) is 1. The normalized spacial score (nSPS) is 15.8. The van der Waals surface area contributed by atoms with Gasteiger partial charge in [-0.1, -0.05) is 24.3 Å². The molecule has 1 N–H and O–H groups in total. The lowest BCUT2D eigenvalue weighted by Crippen LogP contribution is -2.52. The molecule has 0 amide bonds. The maximum Gasteiger partial charge on any atom is 0.307 e. The van der Waals surface area contributed by atoms with E-state index in [2.05, 4.69) is 9.78 Å². The number of aryl methyl sites for hydroxylation is 1. The molecule has 0 saturated carbocycles. The van der Waals surface area contributed by atoms with Crippen LogP contribution in [0.3, 0.4) is 0 Å². The van der Waals surface area contributed by atoms with Crippen LogP contribution in [0.2, 0.25) is 0 Å². The number of nitrogens with zero attached hydrogens (tertiary/aromatic N) is 4. The molecule has 4 aromatic rings. The average molecular weight is 437 g/mol. The molecule has 0 radical (unpaired) electrons. The highest BCUT2D eigenvalue weighted by Crippen LogP contribution is 2.34. The molecule has 2 aromatic heterocycles. The highest BCUT2D eigenvalue weighted by molar-refractivity contribution is 5.89. The molecule has 1 aliphatic rings. The van der Waals surface area contributed by atoms with Gasteiger partial charge in [-0.15, -0.1) is 0 Å². The first-order valence-electron chi connectivity index (χ1n) is 10.6. The molecular formula is C24H23F2N4O2+. The van der Waals surface area contributed by atoms with Crippen LogP contribution in [0.1, 0.15) is 35.0 Å². The number of aromatic nitrogens is 4. The van der Waals surface area contributed by atoms with E-state index < -0.39 is 5.97 Å². The second-order valence-corrected chi connectivity index (χ2v) is 8.31. The SMILES string of the molecule is Cn1ncc(Cc2ccc(F)cc2)[n+]1C1CCc2c(CC(=O)O)c3cccc(F)c3n2C1. The van der Waals surface area contributed by atoms with Crippen LogP contribution in [0, 0.1) is 11.6 Å². The van der Waals surface area contributed by atoms with Gasteiger partial charge in [-0.2, -0.15) is 4.68 Å². The van der Waals surface area contributed by atoms with Crippen molar-refractivity contribution in [1.82, 2.24) is 14.5 Å². The van der Waals surface area contributed by atoms with Gasteiger partial charge in [-0.3, -0.25) is 4.79 Å². The van der Waals surface area contributed by atoms with E-state index in [1.165, 1.54) is 18.2 Å². The second kappa shape index (κ2) is 7.85. The van der Waals surface area contributed by atoms with Crippen LogP contribution in [0.4, 0.5) is 8.78 Å². The van der Waals surface area contributed by atoms with Gasteiger partial charge in [0.05, 0.1) is 25.5 Å². The topological polar surface area (TPSA) is 63.9 Å². The minimum atomic E-state index is -0.922. The summed E-state index contributed by atoms with van der Waals surface area (Å²) in [7, 11) is 1.87. The summed E-state index contributed by atoms with van der Waals surface area (Å²) < 4.78 is 32.2. The molecule has 2 aromatic carbocycles. The Morgan fingerprint density at radius 2 is 2.00 bits per heavy atom. The van der Waals surface area contributed by atoms with Gasteiger partial charge in [0.15, 0.2) is 5.69 Å². The highest BCUT2D eigenvalue weighted by atomic mass is 19.1. The van der Waals surface area contributed by atoms with Gasteiger partial charge in [0.25, 0.3) is 0 Å². The van der Waals surface area contributed by atoms with E-state index in [4.69, 9.17) is 0 Å². The largest absolute Gasteiger partial charge is 0.481 e. The zero-order chi connectivity index (χ0) is 22.4. The molecule has 1 unspecified atom stereocenters. The van der Waals surface area contributed by atoms with E-state index in [0.717, 1.165) is 23.4 Å². The average Bonchev–Trinajstić information content (AvgIpc) is 3.27. The molecule has 164 valence electrons. The van der Waals surface area contributed by atoms with Gasteiger partial charge in [-0.25, -0.2) is 8.78 Å². The predicted octanol–water partition coefficient (Wildman–Crippen LogP) is 3.35. The Morgan fingerprint density at radius 3 is 2.75 bits per heavy atom. The van der Waals surface area contributed by atoms with Crippen molar-refractivity contribution < 1.29 is 23.4 Å². The fraction of sp³-hybridized carbons (Fsp3) is 0.292. The van der Waals surface area contributed by atoms with E-state index >= 15 is 0 Å². The van der Waals surface area contributed by atoms with E-state index in [9.17, 15) is 18.7 Å². The number of carbonyl (C=O) groups is 1. The Kier molecular flexibility index (Phi) is 5.00. The lowest BCUT2D eigenvalue weighted by atomic mass is 10.00. The third-order valence-electron chi connectivity index (χ3n) is 6.32.